The quantitative estimate of drug-likeness (QED) is 0.699. The van der Waals surface area contributed by atoms with E-state index in [0.29, 0.717) is 11.7 Å². The van der Waals surface area contributed by atoms with Gasteiger partial charge in [0.2, 0.25) is 5.91 Å². The molecule has 1 aromatic heterocycles. The Hall–Kier alpha value is -1.28. The normalized spacial score (nSPS) is 18.0. The van der Waals surface area contributed by atoms with Crippen molar-refractivity contribution in [3.8, 4) is 0 Å². The third-order valence-electron chi connectivity index (χ3n) is 3.82. The van der Waals surface area contributed by atoms with Crippen LogP contribution >= 0.6 is 11.8 Å². The van der Waals surface area contributed by atoms with Gasteiger partial charge in [0.1, 0.15) is 0 Å². The molecule has 0 saturated carbocycles. The van der Waals surface area contributed by atoms with Crippen LogP contribution in [0, 0.1) is 0 Å². The summed E-state index contributed by atoms with van der Waals surface area (Å²) in [5.74, 6) is 0.226. The average molecular weight is 328 g/mol. The first-order valence-corrected chi connectivity index (χ1v) is 8.81. The van der Waals surface area contributed by atoms with Gasteiger partial charge in [-0.2, -0.15) is 0 Å². The number of hydrogen-bond donors (Lipinski definition) is 2. The van der Waals surface area contributed by atoms with Crippen LogP contribution in [0.25, 0.3) is 0 Å². The summed E-state index contributed by atoms with van der Waals surface area (Å²) < 4.78 is 7.11. The molecule has 0 aromatic carbocycles. The van der Waals surface area contributed by atoms with Crippen LogP contribution in [0.5, 0.6) is 0 Å². The maximum Gasteiger partial charge on any atom is 0.344 e. The zero-order valence-electron chi connectivity index (χ0n) is 13.1. The van der Waals surface area contributed by atoms with Crippen LogP contribution in [0.15, 0.2) is 9.95 Å². The van der Waals surface area contributed by atoms with Crippen LogP contribution in [-0.4, -0.2) is 45.2 Å². The van der Waals surface area contributed by atoms with Crippen LogP contribution in [0.1, 0.15) is 39.5 Å². The molecule has 2 heterocycles. The maximum atomic E-state index is 11.9. The first-order chi connectivity index (χ1) is 10.6. The average Bonchev–Trinajstić information content (AvgIpc) is 3.14. The Labute approximate surface area is 134 Å². The summed E-state index contributed by atoms with van der Waals surface area (Å²) in [6.45, 7) is 5.34. The Kier molecular flexibility index (Phi) is 6.50. The van der Waals surface area contributed by atoms with E-state index < -0.39 is 0 Å². The fourth-order valence-corrected chi connectivity index (χ4v) is 3.23. The Balaban J connectivity index is 1.89. The van der Waals surface area contributed by atoms with E-state index in [1.54, 1.807) is 4.57 Å². The SMILES string of the molecule is CCC(CC)NC(=O)CSc1n[nH]c(=O)n1C[C@@H]1CCCO1. The summed E-state index contributed by atoms with van der Waals surface area (Å²) >= 11 is 1.28. The number of nitrogens with zero attached hydrogens (tertiary/aromatic N) is 2. The van der Waals surface area contributed by atoms with Gasteiger partial charge in [-0.25, -0.2) is 9.89 Å². The predicted molar refractivity (Wildman–Crippen MR) is 85.1 cm³/mol. The number of hydrogen-bond acceptors (Lipinski definition) is 5. The molecule has 22 heavy (non-hydrogen) atoms. The molecule has 0 bridgehead atoms. The van der Waals surface area contributed by atoms with Gasteiger partial charge in [-0.15, -0.1) is 5.10 Å². The number of H-pyrrole nitrogens is 1. The number of aromatic amines is 1. The minimum absolute atomic E-state index is 0.0298. The van der Waals surface area contributed by atoms with Crippen LogP contribution in [-0.2, 0) is 16.1 Å². The highest BCUT2D eigenvalue weighted by Gasteiger charge is 2.20. The molecule has 1 atom stereocenters. The second-order valence-electron chi connectivity index (χ2n) is 5.43. The third kappa shape index (κ3) is 4.61. The van der Waals surface area contributed by atoms with E-state index in [2.05, 4.69) is 29.4 Å². The van der Waals surface area contributed by atoms with Crippen molar-refractivity contribution in [3.05, 3.63) is 10.5 Å². The van der Waals surface area contributed by atoms with E-state index >= 15 is 0 Å². The lowest BCUT2D eigenvalue weighted by atomic mass is 10.2. The van der Waals surface area contributed by atoms with Crippen LogP contribution in [0.4, 0.5) is 0 Å². The summed E-state index contributed by atoms with van der Waals surface area (Å²) in [5, 5.41) is 9.97. The fourth-order valence-electron chi connectivity index (χ4n) is 2.46. The largest absolute Gasteiger partial charge is 0.376 e. The molecule has 1 fully saturated rings. The molecule has 124 valence electrons. The predicted octanol–water partition coefficient (Wildman–Crippen LogP) is 1.15. The third-order valence-corrected chi connectivity index (χ3v) is 4.79. The molecule has 7 nitrogen and oxygen atoms in total. The molecular formula is C14H24N4O3S. The number of nitrogens with one attached hydrogen (secondary N) is 2. The fraction of sp³-hybridized carbons (Fsp3) is 0.786. The number of carbonyl (C=O) groups is 1. The first kappa shape index (κ1) is 17.1. The molecule has 1 aliphatic heterocycles. The highest BCUT2D eigenvalue weighted by molar-refractivity contribution is 7.99. The van der Waals surface area contributed by atoms with Gasteiger partial charge in [-0.05, 0) is 25.7 Å². The zero-order chi connectivity index (χ0) is 15.9. The van der Waals surface area contributed by atoms with E-state index in [-0.39, 0.29) is 29.5 Å². The van der Waals surface area contributed by atoms with E-state index in [0.717, 1.165) is 32.3 Å². The monoisotopic (exact) mass is 328 g/mol. The van der Waals surface area contributed by atoms with E-state index in [1.807, 2.05) is 0 Å². The Morgan fingerprint density at radius 1 is 1.55 bits per heavy atom. The minimum Gasteiger partial charge on any atom is -0.376 e. The smallest absolute Gasteiger partial charge is 0.344 e. The molecule has 1 aromatic rings. The molecule has 0 radical (unpaired) electrons. The topological polar surface area (TPSA) is 89.0 Å². The molecule has 1 aliphatic rings. The summed E-state index contributed by atoms with van der Waals surface area (Å²) in [6.07, 6.45) is 3.88. The van der Waals surface area contributed by atoms with Crippen molar-refractivity contribution >= 4 is 17.7 Å². The highest BCUT2D eigenvalue weighted by atomic mass is 32.2. The lowest BCUT2D eigenvalue weighted by molar-refractivity contribution is -0.119. The molecular weight excluding hydrogens is 304 g/mol. The summed E-state index contributed by atoms with van der Waals surface area (Å²) in [6, 6.07) is 0.210. The molecule has 1 saturated heterocycles. The van der Waals surface area contributed by atoms with Gasteiger partial charge in [0.25, 0.3) is 0 Å². The molecule has 2 N–H and O–H groups in total. The molecule has 2 rings (SSSR count). The molecule has 0 aliphatic carbocycles. The van der Waals surface area contributed by atoms with Gasteiger partial charge < -0.3 is 10.1 Å². The van der Waals surface area contributed by atoms with Gasteiger partial charge in [0.05, 0.1) is 18.4 Å². The van der Waals surface area contributed by atoms with Crippen molar-refractivity contribution in [1.29, 1.82) is 0 Å². The molecule has 0 unspecified atom stereocenters. The Morgan fingerprint density at radius 3 is 2.95 bits per heavy atom. The van der Waals surface area contributed by atoms with E-state index in [9.17, 15) is 9.59 Å². The van der Waals surface area contributed by atoms with Gasteiger partial charge in [-0.3, -0.25) is 9.36 Å². The lowest BCUT2D eigenvalue weighted by Gasteiger charge is -2.14. The lowest BCUT2D eigenvalue weighted by Crippen LogP contribution is -2.35. The summed E-state index contributed by atoms with van der Waals surface area (Å²) in [7, 11) is 0. The number of thioether (sulfide) groups is 1. The van der Waals surface area contributed by atoms with Crippen LogP contribution in [0.2, 0.25) is 0 Å². The van der Waals surface area contributed by atoms with Gasteiger partial charge in [-0.1, -0.05) is 25.6 Å². The number of ether oxygens (including phenoxy) is 1. The second-order valence-corrected chi connectivity index (χ2v) is 6.37. The Morgan fingerprint density at radius 2 is 2.32 bits per heavy atom. The van der Waals surface area contributed by atoms with Crippen molar-refractivity contribution in [2.24, 2.45) is 0 Å². The molecule has 8 heteroatoms. The van der Waals surface area contributed by atoms with Crippen molar-refractivity contribution < 1.29 is 9.53 Å². The first-order valence-electron chi connectivity index (χ1n) is 7.83. The molecule has 1 amide bonds. The number of aromatic nitrogens is 3. The van der Waals surface area contributed by atoms with Crippen molar-refractivity contribution in [2.75, 3.05) is 12.4 Å². The minimum atomic E-state index is -0.251. The summed E-state index contributed by atoms with van der Waals surface area (Å²) in [5.41, 5.74) is -0.251. The molecule has 0 spiro atoms. The van der Waals surface area contributed by atoms with Gasteiger partial charge in [0.15, 0.2) is 5.16 Å². The standard InChI is InChI=1S/C14H24N4O3S/c1-3-10(4-2)15-12(19)9-22-14-17-16-13(20)18(14)8-11-6-5-7-21-11/h10-11H,3-9H2,1-2H3,(H,15,19)(H,16,20)/t11-/m0/s1. The van der Waals surface area contributed by atoms with Crippen molar-refractivity contribution in [2.45, 2.75) is 63.4 Å². The number of amides is 1. The van der Waals surface area contributed by atoms with Crippen molar-refractivity contribution in [3.63, 3.8) is 0 Å². The Bertz CT molecular complexity index is 532. The maximum absolute atomic E-state index is 11.9. The summed E-state index contributed by atoms with van der Waals surface area (Å²) in [4.78, 5) is 23.7. The van der Waals surface area contributed by atoms with Gasteiger partial charge in [0, 0.05) is 12.6 Å². The van der Waals surface area contributed by atoms with Crippen LogP contribution < -0.4 is 11.0 Å². The van der Waals surface area contributed by atoms with E-state index in [4.69, 9.17) is 4.74 Å². The number of carbonyl (C=O) groups excluding carboxylic acids is 1. The second kappa shape index (κ2) is 8.38. The van der Waals surface area contributed by atoms with Crippen LogP contribution in [0.3, 0.4) is 0 Å². The van der Waals surface area contributed by atoms with Gasteiger partial charge >= 0.3 is 5.69 Å². The number of rotatable bonds is 8. The highest BCUT2D eigenvalue weighted by Crippen LogP contribution is 2.17. The van der Waals surface area contributed by atoms with E-state index in [1.165, 1.54) is 11.8 Å². The van der Waals surface area contributed by atoms with Crippen molar-refractivity contribution in [1.82, 2.24) is 20.1 Å². The zero-order valence-corrected chi connectivity index (χ0v) is 13.9.